The molecule has 1 aromatic heterocycles. The molecule has 136 valence electrons. The second-order valence-corrected chi connectivity index (χ2v) is 5.81. The molecule has 3 rings (SSSR count). The third-order valence-corrected chi connectivity index (χ3v) is 3.75. The van der Waals surface area contributed by atoms with Crippen molar-refractivity contribution in [1.29, 1.82) is 0 Å². The number of nitro groups is 1. The predicted molar refractivity (Wildman–Crippen MR) is 91.5 cm³/mol. The number of hydrazone groups is 1. The fraction of sp³-hybridized carbons (Fsp3) is 0.294. The van der Waals surface area contributed by atoms with E-state index in [0.29, 0.717) is 30.3 Å². The molecule has 0 spiro atoms. The molecule has 2 heterocycles. The molecule has 1 aliphatic rings. The third-order valence-electron chi connectivity index (χ3n) is 3.75. The van der Waals surface area contributed by atoms with E-state index in [1.807, 2.05) is 0 Å². The molecule has 9 nitrogen and oxygen atoms in total. The van der Waals surface area contributed by atoms with E-state index in [9.17, 15) is 14.9 Å². The number of rotatable bonds is 6. The van der Waals surface area contributed by atoms with Crippen LogP contribution < -0.4 is 5.43 Å². The van der Waals surface area contributed by atoms with E-state index in [1.54, 1.807) is 31.2 Å². The third kappa shape index (κ3) is 4.32. The maximum Gasteiger partial charge on any atom is 0.269 e. The normalized spacial score (nSPS) is 16.0. The van der Waals surface area contributed by atoms with Crippen LogP contribution in [0.1, 0.15) is 19.1 Å². The van der Waals surface area contributed by atoms with Crippen molar-refractivity contribution in [3.05, 3.63) is 52.3 Å². The average Bonchev–Trinajstić information content (AvgIpc) is 3.24. The van der Waals surface area contributed by atoms with Crippen LogP contribution >= 0.6 is 0 Å². The van der Waals surface area contributed by atoms with E-state index in [-0.39, 0.29) is 18.0 Å². The second kappa shape index (κ2) is 7.46. The quantitative estimate of drug-likeness (QED) is 0.481. The lowest BCUT2D eigenvalue weighted by Crippen LogP contribution is -2.33. The van der Waals surface area contributed by atoms with Gasteiger partial charge in [-0.2, -0.15) is 5.10 Å². The number of nitrogens with zero attached hydrogens (tertiary/aromatic N) is 2. The lowest BCUT2D eigenvalue weighted by molar-refractivity contribution is -0.384. The molecule has 1 fully saturated rings. The molecule has 1 aromatic carbocycles. The topological polar surface area (TPSA) is 116 Å². The molecular formula is C17H17N3O6. The fourth-order valence-corrected chi connectivity index (χ4v) is 2.48. The van der Waals surface area contributed by atoms with Crippen LogP contribution in [0, 0.1) is 10.1 Å². The number of nitro benzene ring substituents is 1. The molecule has 26 heavy (non-hydrogen) atoms. The number of hydrogen-bond donors (Lipinski definition) is 1. The van der Waals surface area contributed by atoms with E-state index < -0.39 is 10.7 Å². The molecule has 9 heteroatoms. The zero-order valence-electron chi connectivity index (χ0n) is 14.0. The van der Waals surface area contributed by atoms with Gasteiger partial charge in [0.2, 0.25) is 5.91 Å². The van der Waals surface area contributed by atoms with Gasteiger partial charge in [0, 0.05) is 17.7 Å². The summed E-state index contributed by atoms with van der Waals surface area (Å²) in [5.74, 6) is -0.285. The maximum atomic E-state index is 11.8. The zero-order chi connectivity index (χ0) is 18.6. The van der Waals surface area contributed by atoms with Gasteiger partial charge in [-0.3, -0.25) is 14.9 Å². The summed E-state index contributed by atoms with van der Waals surface area (Å²) in [5.41, 5.74) is 3.09. The Morgan fingerprint density at radius 2 is 1.96 bits per heavy atom. The highest BCUT2D eigenvalue weighted by Crippen LogP contribution is 2.24. The van der Waals surface area contributed by atoms with Crippen molar-refractivity contribution in [2.75, 3.05) is 13.2 Å². The molecule has 0 bridgehead atoms. The highest BCUT2D eigenvalue weighted by atomic mass is 16.7. The molecule has 0 aliphatic carbocycles. The lowest BCUT2D eigenvalue weighted by Gasteiger charge is -2.20. The van der Waals surface area contributed by atoms with Gasteiger partial charge in [-0.15, -0.1) is 0 Å². The molecule has 1 aliphatic heterocycles. The Hall–Kier alpha value is -3.04. The number of carbonyl (C=O) groups is 1. The summed E-state index contributed by atoms with van der Waals surface area (Å²) in [4.78, 5) is 22.0. The molecule has 1 N–H and O–H groups in total. The predicted octanol–water partition coefficient (Wildman–Crippen LogP) is 2.46. The van der Waals surface area contributed by atoms with Crippen molar-refractivity contribution in [1.82, 2.24) is 5.43 Å². The van der Waals surface area contributed by atoms with Gasteiger partial charge in [0.15, 0.2) is 5.79 Å². The van der Waals surface area contributed by atoms with E-state index in [0.717, 1.165) is 0 Å². The van der Waals surface area contributed by atoms with E-state index in [2.05, 4.69) is 10.5 Å². The van der Waals surface area contributed by atoms with Crippen LogP contribution in [-0.4, -0.2) is 36.0 Å². The molecule has 0 atom stereocenters. The van der Waals surface area contributed by atoms with E-state index >= 15 is 0 Å². The average molecular weight is 359 g/mol. The Labute approximate surface area is 148 Å². The van der Waals surface area contributed by atoms with Crippen LogP contribution in [0.15, 0.2) is 45.9 Å². The van der Waals surface area contributed by atoms with Gasteiger partial charge in [-0.25, -0.2) is 5.43 Å². The summed E-state index contributed by atoms with van der Waals surface area (Å²) in [5, 5.41) is 14.5. The van der Waals surface area contributed by atoms with Gasteiger partial charge in [-0.05, 0) is 31.2 Å². The van der Waals surface area contributed by atoms with Crippen LogP contribution in [-0.2, 0) is 14.3 Å². The molecule has 1 saturated heterocycles. The van der Waals surface area contributed by atoms with Crippen molar-refractivity contribution in [2.45, 2.75) is 19.1 Å². The first kappa shape index (κ1) is 17.8. The Bertz CT molecular complexity index is 821. The second-order valence-electron chi connectivity index (χ2n) is 5.81. The van der Waals surface area contributed by atoms with Gasteiger partial charge in [0.25, 0.3) is 5.69 Å². The Morgan fingerprint density at radius 3 is 2.62 bits per heavy atom. The number of carbonyl (C=O) groups excluding carboxylic acids is 1. The smallest absolute Gasteiger partial charge is 0.269 e. The van der Waals surface area contributed by atoms with Gasteiger partial charge >= 0.3 is 0 Å². The van der Waals surface area contributed by atoms with E-state index in [4.69, 9.17) is 13.9 Å². The molecule has 2 aromatic rings. The molecule has 0 saturated carbocycles. The molecule has 0 radical (unpaired) electrons. The summed E-state index contributed by atoms with van der Waals surface area (Å²) in [6.45, 7) is 2.63. The van der Waals surface area contributed by atoms with Crippen LogP contribution in [0.3, 0.4) is 0 Å². The SMILES string of the molecule is CC1(CC(=O)N/N=C\c2ccc(-c3ccc([N+](=O)[O-])cc3)o2)OCCO1. The van der Waals surface area contributed by atoms with Crippen molar-refractivity contribution in [3.8, 4) is 11.3 Å². The Balaban J connectivity index is 1.56. The first-order chi connectivity index (χ1) is 12.5. The summed E-state index contributed by atoms with van der Waals surface area (Å²) in [7, 11) is 0. The number of benzene rings is 1. The number of ether oxygens (including phenoxy) is 2. The molecule has 1 amide bonds. The van der Waals surface area contributed by atoms with Crippen LogP contribution in [0.4, 0.5) is 5.69 Å². The highest BCUT2D eigenvalue weighted by molar-refractivity contribution is 5.81. The summed E-state index contributed by atoms with van der Waals surface area (Å²) in [6, 6.07) is 9.39. The number of amides is 1. The first-order valence-electron chi connectivity index (χ1n) is 7.90. The number of furan rings is 1. The van der Waals surface area contributed by atoms with Gasteiger partial charge in [-0.1, -0.05) is 0 Å². The zero-order valence-corrected chi connectivity index (χ0v) is 14.0. The van der Waals surface area contributed by atoms with Crippen LogP contribution in [0.5, 0.6) is 0 Å². The highest BCUT2D eigenvalue weighted by Gasteiger charge is 2.33. The molecular weight excluding hydrogens is 342 g/mol. The largest absolute Gasteiger partial charge is 0.455 e. The Morgan fingerprint density at radius 1 is 1.27 bits per heavy atom. The molecule has 0 unspecified atom stereocenters. The van der Waals surface area contributed by atoms with Gasteiger partial charge in [0.1, 0.15) is 11.5 Å². The standard InChI is InChI=1S/C17H17N3O6/c1-17(24-8-9-25-17)10-16(21)19-18-11-14-6-7-15(26-14)12-2-4-13(5-3-12)20(22)23/h2-7,11H,8-10H2,1H3,(H,19,21)/b18-11-. The van der Waals surface area contributed by atoms with Crippen LogP contribution in [0.2, 0.25) is 0 Å². The fourth-order valence-electron chi connectivity index (χ4n) is 2.48. The number of nitrogens with one attached hydrogen (secondary N) is 1. The van der Waals surface area contributed by atoms with Crippen molar-refractivity contribution in [2.24, 2.45) is 5.10 Å². The monoisotopic (exact) mass is 359 g/mol. The minimum atomic E-state index is -0.909. The first-order valence-corrected chi connectivity index (χ1v) is 7.90. The summed E-state index contributed by atoms with van der Waals surface area (Å²) in [6.07, 6.45) is 1.40. The van der Waals surface area contributed by atoms with Crippen molar-refractivity contribution >= 4 is 17.8 Å². The Kier molecular flexibility index (Phi) is 5.10. The minimum absolute atomic E-state index is 0.00808. The summed E-state index contributed by atoms with van der Waals surface area (Å²) >= 11 is 0. The maximum absolute atomic E-state index is 11.8. The van der Waals surface area contributed by atoms with Gasteiger partial charge < -0.3 is 13.9 Å². The number of hydrogen-bond acceptors (Lipinski definition) is 7. The van der Waals surface area contributed by atoms with Gasteiger partial charge in [0.05, 0.1) is 30.8 Å². The number of non-ortho nitro benzene ring substituents is 1. The van der Waals surface area contributed by atoms with Crippen molar-refractivity contribution < 1.29 is 23.6 Å². The minimum Gasteiger partial charge on any atom is -0.455 e. The van der Waals surface area contributed by atoms with Crippen LogP contribution in [0.25, 0.3) is 11.3 Å². The lowest BCUT2D eigenvalue weighted by atomic mass is 10.1. The summed E-state index contributed by atoms with van der Waals surface area (Å²) < 4.78 is 16.3. The van der Waals surface area contributed by atoms with E-state index in [1.165, 1.54) is 18.3 Å². The van der Waals surface area contributed by atoms with Crippen molar-refractivity contribution in [3.63, 3.8) is 0 Å².